The molecule has 2 heterocycles. The summed E-state index contributed by atoms with van der Waals surface area (Å²) in [6.07, 6.45) is 4.11. The highest BCUT2D eigenvalue weighted by Crippen LogP contribution is 2.18. The number of rotatable bonds is 7. The standard InChI is InChI=1S/C12H18N4O2S2/c1-13-8-10-7-11(9-19-10)20(17,18)15-4-3-12-14-5-6-16(12)2/h5-7,9,13,15H,3-4,8H2,1-2H3. The maximum atomic E-state index is 12.1. The van der Waals surface area contributed by atoms with Crippen molar-refractivity contribution in [3.05, 3.63) is 34.5 Å². The third kappa shape index (κ3) is 3.66. The van der Waals surface area contributed by atoms with Crippen LogP contribution in [-0.2, 0) is 30.0 Å². The van der Waals surface area contributed by atoms with E-state index in [1.807, 2.05) is 24.9 Å². The minimum absolute atomic E-state index is 0.326. The molecule has 0 aliphatic heterocycles. The molecule has 2 N–H and O–H groups in total. The molecule has 0 fully saturated rings. The van der Waals surface area contributed by atoms with Gasteiger partial charge in [0.15, 0.2) is 0 Å². The second kappa shape index (κ2) is 6.49. The summed E-state index contributed by atoms with van der Waals surface area (Å²) >= 11 is 1.44. The van der Waals surface area contributed by atoms with Crippen LogP contribution in [0.15, 0.2) is 28.7 Å². The highest BCUT2D eigenvalue weighted by atomic mass is 32.2. The fourth-order valence-electron chi connectivity index (χ4n) is 1.79. The van der Waals surface area contributed by atoms with Gasteiger partial charge in [-0.25, -0.2) is 18.1 Å². The summed E-state index contributed by atoms with van der Waals surface area (Å²) in [5.74, 6) is 0.855. The first kappa shape index (κ1) is 15.2. The van der Waals surface area contributed by atoms with Crippen LogP contribution >= 0.6 is 11.3 Å². The Morgan fingerprint density at radius 2 is 2.25 bits per heavy atom. The molecule has 0 unspecified atom stereocenters. The Bertz CT molecular complexity index is 661. The Hall–Kier alpha value is -1.22. The van der Waals surface area contributed by atoms with Crippen LogP contribution in [0.4, 0.5) is 0 Å². The molecule has 0 amide bonds. The van der Waals surface area contributed by atoms with Gasteiger partial charge >= 0.3 is 0 Å². The van der Waals surface area contributed by atoms with Gasteiger partial charge in [-0.05, 0) is 13.1 Å². The molecule has 0 spiro atoms. The van der Waals surface area contributed by atoms with Gasteiger partial charge in [-0.2, -0.15) is 0 Å². The maximum absolute atomic E-state index is 12.1. The van der Waals surface area contributed by atoms with Gasteiger partial charge in [-0.3, -0.25) is 0 Å². The summed E-state index contributed by atoms with van der Waals surface area (Å²) in [4.78, 5) is 5.48. The molecule has 110 valence electrons. The van der Waals surface area contributed by atoms with E-state index in [1.165, 1.54) is 11.3 Å². The number of nitrogens with one attached hydrogen (secondary N) is 2. The van der Waals surface area contributed by atoms with Crippen LogP contribution in [0, 0.1) is 0 Å². The van der Waals surface area contributed by atoms with Gasteiger partial charge < -0.3 is 9.88 Å². The molecule has 6 nitrogen and oxygen atoms in total. The van der Waals surface area contributed by atoms with E-state index in [2.05, 4.69) is 15.0 Å². The van der Waals surface area contributed by atoms with Gasteiger partial charge in [0.1, 0.15) is 5.82 Å². The minimum Gasteiger partial charge on any atom is -0.338 e. The first-order chi connectivity index (χ1) is 9.53. The van der Waals surface area contributed by atoms with E-state index in [0.717, 1.165) is 10.7 Å². The Morgan fingerprint density at radius 3 is 2.90 bits per heavy atom. The molecule has 8 heteroatoms. The van der Waals surface area contributed by atoms with E-state index in [-0.39, 0.29) is 0 Å². The average molecular weight is 314 g/mol. The molecule has 20 heavy (non-hydrogen) atoms. The fourth-order valence-corrected chi connectivity index (χ4v) is 4.11. The van der Waals surface area contributed by atoms with E-state index >= 15 is 0 Å². The Morgan fingerprint density at radius 1 is 1.45 bits per heavy atom. The molecular weight excluding hydrogens is 296 g/mol. The molecule has 0 aliphatic carbocycles. The molecule has 0 bridgehead atoms. The van der Waals surface area contributed by atoms with Gasteiger partial charge in [0.25, 0.3) is 0 Å². The van der Waals surface area contributed by atoms with Gasteiger partial charge in [-0.1, -0.05) is 0 Å². The number of aromatic nitrogens is 2. The van der Waals surface area contributed by atoms with Crippen LogP contribution in [0.1, 0.15) is 10.7 Å². The molecule has 0 aliphatic rings. The number of nitrogens with zero attached hydrogens (tertiary/aromatic N) is 2. The predicted octanol–water partition coefficient (Wildman–Crippen LogP) is 0.722. The number of imidazole rings is 1. The lowest BCUT2D eigenvalue weighted by molar-refractivity contribution is 0.580. The minimum atomic E-state index is -3.43. The molecule has 0 aromatic carbocycles. The lowest BCUT2D eigenvalue weighted by atomic mass is 10.4. The molecule has 0 saturated carbocycles. The first-order valence-corrected chi connectivity index (χ1v) is 8.57. The van der Waals surface area contributed by atoms with Crippen molar-refractivity contribution in [2.24, 2.45) is 7.05 Å². The largest absolute Gasteiger partial charge is 0.338 e. The average Bonchev–Trinajstić information content (AvgIpc) is 3.00. The van der Waals surface area contributed by atoms with Crippen molar-refractivity contribution in [1.29, 1.82) is 0 Å². The van der Waals surface area contributed by atoms with Crippen LogP contribution in [0.5, 0.6) is 0 Å². The summed E-state index contributed by atoms with van der Waals surface area (Å²) in [5.41, 5.74) is 0. The van der Waals surface area contributed by atoms with E-state index in [4.69, 9.17) is 0 Å². The second-order valence-corrected chi connectivity index (χ2v) is 7.14. The van der Waals surface area contributed by atoms with Crippen LogP contribution in [0.25, 0.3) is 0 Å². The van der Waals surface area contributed by atoms with E-state index in [1.54, 1.807) is 17.6 Å². The number of thiophene rings is 1. The van der Waals surface area contributed by atoms with E-state index in [9.17, 15) is 8.42 Å². The molecule has 0 saturated heterocycles. The van der Waals surface area contributed by atoms with Crippen molar-refractivity contribution < 1.29 is 8.42 Å². The molecule has 0 radical (unpaired) electrons. The lowest BCUT2D eigenvalue weighted by Gasteiger charge is -2.05. The zero-order valence-corrected chi connectivity index (χ0v) is 13.1. The van der Waals surface area contributed by atoms with Gasteiger partial charge in [-0.15, -0.1) is 11.3 Å². The number of aryl methyl sites for hydroxylation is 1. The summed E-state index contributed by atoms with van der Waals surface area (Å²) in [7, 11) is 0.293. The SMILES string of the molecule is CNCc1cc(S(=O)(=O)NCCc2nccn2C)cs1. The van der Waals surface area contributed by atoms with Crippen molar-refractivity contribution in [2.75, 3.05) is 13.6 Å². The summed E-state index contributed by atoms with van der Waals surface area (Å²) < 4.78 is 28.7. The number of hydrogen-bond donors (Lipinski definition) is 2. The number of sulfonamides is 1. The van der Waals surface area contributed by atoms with Crippen molar-refractivity contribution in [3.63, 3.8) is 0 Å². The zero-order valence-electron chi connectivity index (χ0n) is 11.5. The lowest BCUT2D eigenvalue weighted by Crippen LogP contribution is -2.26. The van der Waals surface area contributed by atoms with Crippen LogP contribution in [0.3, 0.4) is 0 Å². The van der Waals surface area contributed by atoms with Gasteiger partial charge in [0.2, 0.25) is 10.0 Å². The zero-order chi connectivity index (χ0) is 14.6. The first-order valence-electron chi connectivity index (χ1n) is 6.21. The second-order valence-electron chi connectivity index (χ2n) is 4.38. The van der Waals surface area contributed by atoms with Crippen molar-refractivity contribution in [1.82, 2.24) is 19.6 Å². The summed E-state index contributed by atoms with van der Waals surface area (Å²) in [6.45, 7) is 1.01. The molecular formula is C12H18N4O2S2. The van der Waals surface area contributed by atoms with Gasteiger partial charge in [0, 0.05) is 49.2 Å². The Labute approximate surface area is 122 Å². The van der Waals surface area contributed by atoms with Crippen LogP contribution < -0.4 is 10.0 Å². The smallest absolute Gasteiger partial charge is 0.241 e. The highest BCUT2D eigenvalue weighted by molar-refractivity contribution is 7.89. The van der Waals surface area contributed by atoms with Crippen LogP contribution in [0.2, 0.25) is 0 Å². The normalized spacial score (nSPS) is 11.9. The van der Waals surface area contributed by atoms with Crippen molar-refractivity contribution in [3.8, 4) is 0 Å². The topological polar surface area (TPSA) is 76.0 Å². The van der Waals surface area contributed by atoms with E-state index < -0.39 is 10.0 Å². The molecule has 2 aromatic heterocycles. The molecule has 2 aromatic rings. The molecule has 2 rings (SSSR count). The maximum Gasteiger partial charge on any atom is 0.241 e. The summed E-state index contributed by atoms with van der Waals surface area (Å²) in [5, 5.41) is 4.66. The quantitative estimate of drug-likeness (QED) is 0.790. The van der Waals surface area contributed by atoms with E-state index in [0.29, 0.717) is 24.4 Å². The summed E-state index contributed by atoms with van der Waals surface area (Å²) in [6, 6.07) is 1.70. The fraction of sp³-hybridized carbons (Fsp3) is 0.417. The molecule has 0 atom stereocenters. The van der Waals surface area contributed by atoms with Crippen molar-refractivity contribution in [2.45, 2.75) is 17.9 Å². The monoisotopic (exact) mass is 314 g/mol. The highest BCUT2D eigenvalue weighted by Gasteiger charge is 2.15. The van der Waals surface area contributed by atoms with Crippen molar-refractivity contribution >= 4 is 21.4 Å². The third-order valence-corrected chi connectivity index (χ3v) is 5.38. The predicted molar refractivity (Wildman–Crippen MR) is 79.2 cm³/mol. The number of hydrogen-bond acceptors (Lipinski definition) is 5. The van der Waals surface area contributed by atoms with Gasteiger partial charge in [0.05, 0.1) is 4.90 Å². The third-order valence-electron chi connectivity index (χ3n) is 2.85. The Kier molecular flexibility index (Phi) is 4.92. The Balaban J connectivity index is 1.95. The van der Waals surface area contributed by atoms with Crippen LogP contribution in [-0.4, -0.2) is 31.6 Å².